The smallest absolute Gasteiger partial charge is 0.251 e. The van der Waals surface area contributed by atoms with Crippen LogP contribution in [0.5, 0.6) is 5.88 Å². The molecule has 192 valence electrons. The summed E-state index contributed by atoms with van der Waals surface area (Å²) in [7, 11) is 0. The van der Waals surface area contributed by atoms with Gasteiger partial charge in [-0.1, -0.05) is 12.1 Å². The zero-order valence-corrected chi connectivity index (χ0v) is 20.5. The van der Waals surface area contributed by atoms with Crippen molar-refractivity contribution in [3.8, 4) is 5.88 Å². The molecule has 2 aromatic rings. The molecule has 1 amide bonds. The molecule has 3 fully saturated rings. The summed E-state index contributed by atoms with van der Waals surface area (Å²) < 4.78 is 17.0. The molecule has 0 bridgehead atoms. The molecule has 5 rings (SSSR count). The first-order valence-electron chi connectivity index (χ1n) is 12.7. The Morgan fingerprint density at radius 2 is 1.86 bits per heavy atom. The van der Waals surface area contributed by atoms with Gasteiger partial charge in [-0.05, 0) is 30.5 Å². The Balaban J connectivity index is 1.24. The fourth-order valence-electron chi connectivity index (χ4n) is 4.16. The van der Waals surface area contributed by atoms with Crippen molar-refractivity contribution in [2.45, 2.75) is 18.9 Å². The third-order valence-corrected chi connectivity index (χ3v) is 6.38. The van der Waals surface area contributed by atoms with Crippen LogP contribution in [0.3, 0.4) is 0 Å². The monoisotopic (exact) mass is 494 g/mol. The van der Waals surface area contributed by atoms with Gasteiger partial charge in [0.1, 0.15) is 6.61 Å². The van der Waals surface area contributed by atoms with E-state index in [1.54, 1.807) is 6.21 Å². The number of benzene rings is 1. The lowest BCUT2D eigenvalue weighted by atomic mass is 10.1. The molecule has 0 unspecified atom stereocenters. The molecule has 3 aliphatic rings. The maximum Gasteiger partial charge on any atom is 0.251 e. The predicted molar refractivity (Wildman–Crippen MR) is 138 cm³/mol. The average Bonchev–Trinajstić information content (AvgIpc) is 3.74. The molecule has 1 aliphatic carbocycles. The van der Waals surface area contributed by atoms with Crippen LogP contribution in [0.15, 0.2) is 41.5 Å². The summed E-state index contributed by atoms with van der Waals surface area (Å²) >= 11 is 0. The molecule has 0 atom stereocenters. The number of hydrogen-bond acceptors (Lipinski definition) is 9. The molecule has 2 N–H and O–H groups in total. The quantitative estimate of drug-likeness (QED) is 0.382. The van der Waals surface area contributed by atoms with E-state index in [-0.39, 0.29) is 5.91 Å². The van der Waals surface area contributed by atoms with Gasteiger partial charge < -0.3 is 24.4 Å². The lowest BCUT2D eigenvalue weighted by molar-refractivity contribution is 0.0320. The second-order valence-electron chi connectivity index (χ2n) is 9.19. The van der Waals surface area contributed by atoms with E-state index in [1.807, 2.05) is 36.4 Å². The predicted octanol–water partition coefficient (Wildman–Crippen LogP) is 1.97. The van der Waals surface area contributed by atoms with E-state index in [9.17, 15) is 4.79 Å². The van der Waals surface area contributed by atoms with E-state index >= 15 is 0 Å². The van der Waals surface area contributed by atoms with Gasteiger partial charge in [0.05, 0.1) is 32.6 Å². The van der Waals surface area contributed by atoms with Crippen molar-refractivity contribution >= 4 is 23.6 Å². The van der Waals surface area contributed by atoms with Gasteiger partial charge in [-0.2, -0.15) is 10.1 Å². The topological polar surface area (TPSA) is 101 Å². The number of anilines is 2. The van der Waals surface area contributed by atoms with Crippen molar-refractivity contribution in [2.75, 3.05) is 76.1 Å². The average molecular weight is 495 g/mol. The number of hydrogen-bond donors (Lipinski definition) is 2. The Hall–Kier alpha value is -3.21. The van der Waals surface area contributed by atoms with Gasteiger partial charge in [0.15, 0.2) is 5.82 Å². The largest absolute Gasteiger partial charge is 0.476 e. The van der Waals surface area contributed by atoms with E-state index < -0.39 is 0 Å². The Morgan fingerprint density at radius 1 is 1.08 bits per heavy atom. The normalized spacial score (nSPS) is 18.8. The number of aromatic nitrogens is 1. The fraction of sp³-hybridized carbons (Fsp3) is 0.500. The summed E-state index contributed by atoms with van der Waals surface area (Å²) in [5.74, 6) is 1.11. The van der Waals surface area contributed by atoms with Crippen molar-refractivity contribution in [2.24, 2.45) is 5.10 Å². The van der Waals surface area contributed by atoms with E-state index in [2.05, 4.69) is 30.6 Å². The number of nitrogens with zero attached hydrogens (tertiary/aromatic N) is 4. The number of carbonyl (C=O) groups excluding carboxylic acids is 1. The Kier molecular flexibility index (Phi) is 8.27. The molecule has 36 heavy (non-hydrogen) atoms. The van der Waals surface area contributed by atoms with Gasteiger partial charge in [-0.3, -0.25) is 15.1 Å². The van der Waals surface area contributed by atoms with E-state index in [1.165, 1.54) is 0 Å². The zero-order chi connectivity index (χ0) is 24.6. The maximum absolute atomic E-state index is 12.3. The molecular weight excluding hydrogens is 460 g/mol. The third kappa shape index (κ3) is 7.16. The lowest BCUT2D eigenvalue weighted by Gasteiger charge is -2.29. The molecule has 0 radical (unpaired) electrons. The Bertz CT molecular complexity index is 1050. The summed E-state index contributed by atoms with van der Waals surface area (Å²) in [6.45, 7) is 7.80. The minimum Gasteiger partial charge on any atom is -0.476 e. The van der Waals surface area contributed by atoms with E-state index in [4.69, 9.17) is 14.2 Å². The van der Waals surface area contributed by atoms with Crippen molar-refractivity contribution < 1.29 is 19.0 Å². The summed E-state index contributed by atoms with van der Waals surface area (Å²) in [6.07, 6.45) is 3.81. The molecule has 1 saturated carbocycles. The number of rotatable bonds is 10. The lowest BCUT2D eigenvalue weighted by Crippen LogP contribution is -2.38. The number of carbonyl (C=O) groups is 1. The number of amides is 1. The number of hydrazone groups is 1. The van der Waals surface area contributed by atoms with Gasteiger partial charge in [0.2, 0.25) is 5.88 Å². The summed E-state index contributed by atoms with van der Waals surface area (Å²) in [5, 5.41) is 7.39. The zero-order valence-electron chi connectivity index (χ0n) is 20.5. The van der Waals surface area contributed by atoms with Crippen molar-refractivity contribution in [3.63, 3.8) is 0 Å². The Morgan fingerprint density at radius 3 is 2.64 bits per heavy atom. The first-order chi connectivity index (χ1) is 17.7. The second kappa shape index (κ2) is 12.2. The van der Waals surface area contributed by atoms with E-state index in [0.717, 1.165) is 70.0 Å². The molecular formula is C26H34N6O4. The van der Waals surface area contributed by atoms with Crippen molar-refractivity contribution in [1.82, 2.24) is 15.2 Å². The van der Waals surface area contributed by atoms with Crippen LogP contribution in [-0.2, 0) is 9.47 Å². The van der Waals surface area contributed by atoms with Crippen LogP contribution in [0.25, 0.3) is 0 Å². The highest BCUT2D eigenvalue weighted by atomic mass is 16.5. The molecule has 2 aliphatic heterocycles. The van der Waals surface area contributed by atoms with Gasteiger partial charge in [0, 0.05) is 62.1 Å². The SMILES string of the molecule is O=C(NC1CC1)c1cccc(/C=N/Nc2cc(N3CCOCC3)cc(OCCN3CCOCC3)n2)c1. The molecule has 10 nitrogen and oxygen atoms in total. The van der Waals surface area contributed by atoms with Crippen LogP contribution in [0.2, 0.25) is 0 Å². The highest BCUT2D eigenvalue weighted by Crippen LogP contribution is 2.25. The number of ether oxygens (including phenoxy) is 3. The summed E-state index contributed by atoms with van der Waals surface area (Å²) in [6, 6.07) is 11.7. The molecule has 1 aromatic carbocycles. The first-order valence-corrected chi connectivity index (χ1v) is 12.7. The molecule has 0 spiro atoms. The van der Waals surface area contributed by atoms with Crippen molar-refractivity contribution in [1.29, 1.82) is 0 Å². The van der Waals surface area contributed by atoms with Crippen LogP contribution in [0, 0.1) is 0 Å². The van der Waals surface area contributed by atoms with Crippen LogP contribution in [-0.4, -0.2) is 93.8 Å². The van der Waals surface area contributed by atoms with Crippen molar-refractivity contribution in [3.05, 3.63) is 47.5 Å². The summed E-state index contributed by atoms with van der Waals surface area (Å²) in [4.78, 5) is 21.5. The Labute approximate surface area is 211 Å². The highest BCUT2D eigenvalue weighted by molar-refractivity contribution is 5.96. The van der Waals surface area contributed by atoms with Crippen LogP contribution >= 0.6 is 0 Å². The van der Waals surface area contributed by atoms with Gasteiger partial charge in [-0.25, -0.2) is 0 Å². The third-order valence-electron chi connectivity index (χ3n) is 6.38. The first kappa shape index (κ1) is 24.5. The van der Waals surface area contributed by atoms with Gasteiger partial charge >= 0.3 is 0 Å². The fourth-order valence-corrected chi connectivity index (χ4v) is 4.16. The number of pyridine rings is 1. The molecule has 3 heterocycles. The number of morpholine rings is 2. The van der Waals surface area contributed by atoms with Crippen LogP contribution in [0.1, 0.15) is 28.8 Å². The summed E-state index contributed by atoms with van der Waals surface area (Å²) in [5.41, 5.74) is 5.52. The maximum atomic E-state index is 12.3. The van der Waals surface area contributed by atoms with Gasteiger partial charge in [0.25, 0.3) is 5.91 Å². The van der Waals surface area contributed by atoms with E-state index in [0.29, 0.717) is 43.1 Å². The highest BCUT2D eigenvalue weighted by Gasteiger charge is 2.23. The number of nitrogens with one attached hydrogen (secondary N) is 2. The second-order valence-corrected chi connectivity index (χ2v) is 9.19. The molecule has 1 aromatic heterocycles. The van der Waals surface area contributed by atoms with Crippen LogP contribution in [0.4, 0.5) is 11.5 Å². The van der Waals surface area contributed by atoms with Crippen LogP contribution < -0.4 is 20.4 Å². The molecule has 2 saturated heterocycles. The standard InChI is InChI=1S/C26H34N6O4/c33-26(28-22-4-5-22)21-3-1-2-20(16-21)19-27-30-24-17-23(32-9-13-35-14-10-32)18-25(29-24)36-15-8-31-6-11-34-12-7-31/h1-3,16-19,22H,4-15H2,(H,28,33)(H,29,30)/b27-19+. The molecule has 10 heteroatoms. The van der Waals surface area contributed by atoms with Gasteiger partial charge in [-0.15, -0.1) is 0 Å². The minimum atomic E-state index is -0.0422. The minimum absolute atomic E-state index is 0.0422.